The monoisotopic (exact) mass is 223 g/mol. The smallest absolute Gasteiger partial charge is 0.0697 e. The van der Waals surface area contributed by atoms with E-state index in [1.54, 1.807) is 0 Å². The highest BCUT2D eigenvalue weighted by atomic mass is 16.5. The predicted molar refractivity (Wildman–Crippen MR) is 65.5 cm³/mol. The molecule has 0 radical (unpaired) electrons. The predicted octanol–water partition coefficient (Wildman–Crippen LogP) is 2.87. The number of ether oxygens (including phenoxy) is 1. The van der Waals surface area contributed by atoms with Crippen LogP contribution >= 0.6 is 0 Å². The van der Waals surface area contributed by atoms with Crippen molar-refractivity contribution in [1.82, 2.24) is 5.32 Å². The molecule has 0 aromatic rings. The molecular weight excluding hydrogens is 198 g/mol. The fourth-order valence-electron chi connectivity index (χ4n) is 3.57. The molecule has 3 unspecified atom stereocenters. The maximum absolute atomic E-state index is 6.13. The minimum absolute atomic E-state index is 0.270. The first-order valence-electron chi connectivity index (χ1n) is 7.17. The van der Waals surface area contributed by atoms with Gasteiger partial charge in [-0.2, -0.15) is 0 Å². The lowest BCUT2D eigenvalue weighted by molar-refractivity contribution is -0.109. The summed E-state index contributed by atoms with van der Waals surface area (Å²) in [5.41, 5.74) is 0.270. The summed E-state index contributed by atoms with van der Waals surface area (Å²) in [7, 11) is 0. The molecule has 3 aliphatic rings. The third kappa shape index (κ3) is 2.28. The third-order valence-corrected chi connectivity index (χ3v) is 4.82. The van der Waals surface area contributed by atoms with E-state index in [-0.39, 0.29) is 5.60 Å². The van der Waals surface area contributed by atoms with Crippen LogP contribution in [0.2, 0.25) is 0 Å². The molecular formula is C14H25NO. The lowest BCUT2D eigenvalue weighted by Gasteiger charge is -2.43. The van der Waals surface area contributed by atoms with Gasteiger partial charge < -0.3 is 10.1 Å². The summed E-state index contributed by atoms with van der Waals surface area (Å²) in [5.74, 6) is 0.921. The van der Waals surface area contributed by atoms with Gasteiger partial charge in [0.05, 0.1) is 5.60 Å². The Hall–Kier alpha value is -0.0800. The van der Waals surface area contributed by atoms with Crippen LogP contribution in [0, 0.1) is 5.92 Å². The zero-order chi connectivity index (χ0) is 11.0. The molecule has 1 heterocycles. The van der Waals surface area contributed by atoms with Crippen molar-refractivity contribution in [1.29, 1.82) is 0 Å². The first kappa shape index (κ1) is 11.0. The Labute approximate surface area is 99.1 Å². The zero-order valence-corrected chi connectivity index (χ0v) is 10.5. The van der Waals surface area contributed by atoms with Crippen molar-refractivity contribution in [2.24, 2.45) is 5.92 Å². The highest BCUT2D eigenvalue weighted by molar-refractivity contribution is 4.97. The van der Waals surface area contributed by atoms with Crippen LogP contribution in [-0.2, 0) is 4.74 Å². The maximum atomic E-state index is 6.13. The van der Waals surface area contributed by atoms with Gasteiger partial charge in [0.1, 0.15) is 0 Å². The molecule has 1 spiro atoms. The van der Waals surface area contributed by atoms with Gasteiger partial charge in [-0.1, -0.05) is 26.2 Å². The van der Waals surface area contributed by atoms with Gasteiger partial charge in [-0.15, -0.1) is 0 Å². The molecule has 0 amide bonds. The fourth-order valence-corrected chi connectivity index (χ4v) is 3.57. The van der Waals surface area contributed by atoms with E-state index in [0.717, 1.165) is 24.6 Å². The molecule has 3 rings (SSSR count). The summed E-state index contributed by atoms with van der Waals surface area (Å²) in [6, 6.07) is 1.56. The molecule has 16 heavy (non-hydrogen) atoms. The van der Waals surface area contributed by atoms with E-state index in [4.69, 9.17) is 4.74 Å². The van der Waals surface area contributed by atoms with E-state index in [2.05, 4.69) is 12.2 Å². The van der Waals surface area contributed by atoms with Crippen molar-refractivity contribution in [2.75, 3.05) is 6.61 Å². The largest absolute Gasteiger partial charge is 0.375 e. The second-order valence-electron chi connectivity index (χ2n) is 6.27. The minimum Gasteiger partial charge on any atom is -0.375 e. The van der Waals surface area contributed by atoms with Gasteiger partial charge in [-0.3, -0.25) is 0 Å². The van der Waals surface area contributed by atoms with Crippen LogP contribution in [0.4, 0.5) is 0 Å². The number of hydrogen-bond acceptors (Lipinski definition) is 2. The molecule has 0 aromatic heterocycles. The molecule has 2 saturated carbocycles. The van der Waals surface area contributed by atoms with Crippen molar-refractivity contribution in [2.45, 2.75) is 76.0 Å². The molecule has 0 bridgehead atoms. The van der Waals surface area contributed by atoms with E-state index in [1.807, 2.05) is 0 Å². The van der Waals surface area contributed by atoms with Crippen LogP contribution in [0.5, 0.6) is 0 Å². The second kappa shape index (κ2) is 4.30. The highest BCUT2D eigenvalue weighted by Gasteiger charge is 2.41. The summed E-state index contributed by atoms with van der Waals surface area (Å²) >= 11 is 0. The third-order valence-electron chi connectivity index (χ3n) is 4.82. The van der Waals surface area contributed by atoms with E-state index in [0.29, 0.717) is 0 Å². The second-order valence-corrected chi connectivity index (χ2v) is 6.27. The summed E-state index contributed by atoms with van der Waals surface area (Å²) in [6.07, 6.45) is 10.7. The van der Waals surface area contributed by atoms with Crippen molar-refractivity contribution in [3.05, 3.63) is 0 Å². The van der Waals surface area contributed by atoms with Crippen LogP contribution in [-0.4, -0.2) is 24.3 Å². The first-order valence-corrected chi connectivity index (χ1v) is 7.17. The number of nitrogens with one attached hydrogen (secondary N) is 1. The zero-order valence-electron chi connectivity index (χ0n) is 10.5. The Kier molecular flexibility index (Phi) is 2.97. The van der Waals surface area contributed by atoms with E-state index < -0.39 is 0 Å². The average molecular weight is 223 g/mol. The van der Waals surface area contributed by atoms with Gasteiger partial charge in [0.15, 0.2) is 0 Å². The van der Waals surface area contributed by atoms with Gasteiger partial charge in [0.2, 0.25) is 0 Å². The Morgan fingerprint density at radius 2 is 1.94 bits per heavy atom. The van der Waals surface area contributed by atoms with E-state index in [1.165, 1.54) is 51.4 Å². The number of rotatable bonds is 2. The molecule has 3 atom stereocenters. The van der Waals surface area contributed by atoms with Crippen molar-refractivity contribution >= 4 is 0 Å². The van der Waals surface area contributed by atoms with E-state index >= 15 is 0 Å². The molecule has 1 saturated heterocycles. The molecule has 0 aromatic carbocycles. The molecule has 2 heteroatoms. The quantitative estimate of drug-likeness (QED) is 0.777. The van der Waals surface area contributed by atoms with Crippen molar-refractivity contribution < 1.29 is 4.74 Å². The molecule has 1 aliphatic heterocycles. The lowest BCUT2D eigenvalue weighted by Crippen LogP contribution is -2.48. The van der Waals surface area contributed by atoms with Gasteiger partial charge in [0.25, 0.3) is 0 Å². The van der Waals surface area contributed by atoms with Gasteiger partial charge in [0, 0.05) is 18.7 Å². The Morgan fingerprint density at radius 1 is 1.19 bits per heavy atom. The van der Waals surface area contributed by atoms with Crippen molar-refractivity contribution in [3.8, 4) is 0 Å². The van der Waals surface area contributed by atoms with Gasteiger partial charge in [-0.05, 0) is 38.0 Å². The molecule has 92 valence electrons. The number of hydrogen-bond donors (Lipinski definition) is 1. The molecule has 1 N–H and O–H groups in total. The fraction of sp³-hybridized carbons (Fsp3) is 1.00. The Morgan fingerprint density at radius 3 is 2.62 bits per heavy atom. The summed E-state index contributed by atoms with van der Waals surface area (Å²) in [6.45, 7) is 3.34. The van der Waals surface area contributed by atoms with Gasteiger partial charge >= 0.3 is 0 Å². The van der Waals surface area contributed by atoms with Crippen molar-refractivity contribution in [3.63, 3.8) is 0 Å². The molecule has 3 fully saturated rings. The maximum Gasteiger partial charge on any atom is 0.0697 e. The molecule has 2 nitrogen and oxygen atoms in total. The van der Waals surface area contributed by atoms with Crippen LogP contribution in [0.3, 0.4) is 0 Å². The average Bonchev–Trinajstić information content (AvgIpc) is 2.95. The van der Waals surface area contributed by atoms with Crippen LogP contribution in [0.1, 0.15) is 58.3 Å². The van der Waals surface area contributed by atoms with Crippen LogP contribution < -0.4 is 5.32 Å². The summed E-state index contributed by atoms with van der Waals surface area (Å²) in [4.78, 5) is 0. The molecule has 2 aliphatic carbocycles. The van der Waals surface area contributed by atoms with Gasteiger partial charge in [-0.25, -0.2) is 0 Å². The summed E-state index contributed by atoms with van der Waals surface area (Å²) < 4.78 is 6.13. The normalized spacial score (nSPS) is 42.2. The van der Waals surface area contributed by atoms with Crippen LogP contribution in [0.15, 0.2) is 0 Å². The Bertz CT molecular complexity index is 242. The lowest BCUT2D eigenvalue weighted by atomic mass is 9.78. The SMILES string of the molecule is CC1CC1NC1CCOC2(CCCCC2)C1. The van der Waals surface area contributed by atoms with Crippen LogP contribution in [0.25, 0.3) is 0 Å². The minimum atomic E-state index is 0.270. The highest BCUT2D eigenvalue weighted by Crippen LogP contribution is 2.39. The Balaban J connectivity index is 1.56. The summed E-state index contributed by atoms with van der Waals surface area (Å²) in [5, 5.41) is 3.83. The standard InChI is InChI=1S/C14H25NO/c1-11-9-13(11)15-12-5-8-16-14(10-12)6-3-2-4-7-14/h11-13,15H,2-10H2,1H3. The topological polar surface area (TPSA) is 21.3 Å². The van der Waals surface area contributed by atoms with E-state index in [9.17, 15) is 0 Å². The first-order chi connectivity index (χ1) is 7.77.